The van der Waals surface area contributed by atoms with E-state index in [4.69, 9.17) is 0 Å². The largest absolute Gasteiger partial charge is 0.431 e. The third kappa shape index (κ3) is 5.74. The Bertz CT molecular complexity index is 978. The molecule has 182 valence electrons. The van der Waals surface area contributed by atoms with Gasteiger partial charge in [0.15, 0.2) is 11.9 Å². The number of halogens is 9. The van der Waals surface area contributed by atoms with Crippen LogP contribution in [0.15, 0.2) is 59.6 Å². The van der Waals surface area contributed by atoms with Gasteiger partial charge < -0.3 is 10.2 Å². The van der Waals surface area contributed by atoms with Gasteiger partial charge in [0.05, 0.1) is 28.9 Å². The van der Waals surface area contributed by atoms with E-state index < -0.39 is 64.9 Å². The van der Waals surface area contributed by atoms with Gasteiger partial charge in [-0.2, -0.15) is 44.6 Å². The molecule has 1 aromatic rings. The summed E-state index contributed by atoms with van der Waals surface area (Å²) in [6.45, 7) is 4.21. The van der Waals surface area contributed by atoms with E-state index in [1.165, 1.54) is 0 Å². The van der Waals surface area contributed by atoms with Crippen LogP contribution in [0.3, 0.4) is 0 Å². The summed E-state index contributed by atoms with van der Waals surface area (Å²) in [5.74, 6) is -2.38. The SMILES string of the molecule is C=C/C(=C\C(=C/C)C(F)(F)F)N1N=C(C(F)(F)F)C(C(O)c2cncc(C(F)(F)F)c2)C1O. The number of alkyl halides is 9. The molecule has 0 amide bonds. The molecule has 3 atom stereocenters. The first-order valence-corrected chi connectivity index (χ1v) is 8.93. The molecule has 3 unspecified atom stereocenters. The maximum Gasteiger partial charge on any atom is 0.431 e. The van der Waals surface area contributed by atoms with Crippen LogP contribution in [-0.4, -0.2) is 44.5 Å². The highest BCUT2D eigenvalue weighted by atomic mass is 19.4. The van der Waals surface area contributed by atoms with Crippen molar-refractivity contribution in [1.29, 1.82) is 0 Å². The van der Waals surface area contributed by atoms with E-state index in [0.29, 0.717) is 36.7 Å². The fourth-order valence-electron chi connectivity index (χ4n) is 2.99. The number of aromatic nitrogens is 1. The summed E-state index contributed by atoms with van der Waals surface area (Å²) < 4.78 is 119. The van der Waals surface area contributed by atoms with E-state index in [0.717, 1.165) is 6.92 Å². The molecule has 2 rings (SSSR count). The number of hydrogen-bond donors (Lipinski definition) is 2. The van der Waals surface area contributed by atoms with Gasteiger partial charge in [0.1, 0.15) is 0 Å². The number of aliphatic hydroxyl groups is 2. The minimum atomic E-state index is -5.30. The second-order valence-electron chi connectivity index (χ2n) is 6.73. The Kier molecular flexibility index (Phi) is 7.33. The lowest BCUT2D eigenvalue weighted by atomic mass is 9.90. The monoisotopic (exact) mass is 489 g/mol. The van der Waals surface area contributed by atoms with Gasteiger partial charge in [-0.3, -0.25) is 4.98 Å². The van der Waals surface area contributed by atoms with Crippen molar-refractivity contribution < 1.29 is 49.7 Å². The Morgan fingerprint density at radius 2 is 1.70 bits per heavy atom. The van der Waals surface area contributed by atoms with Gasteiger partial charge in [0.25, 0.3) is 0 Å². The predicted molar refractivity (Wildman–Crippen MR) is 97.1 cm³/mol. The standard InChI is InChI=1S/C19H16F9N3O2/c1-3-10(17(20,21)22)6-12(4-2)31-16(33)13(15(30-31)19(26,27)28)14(32)9-5-11(8-29-7-9)18(23,24)25/h3-8,13-14,16,32-33H,2H2,1H3/b10-3+,12-6+. The molecule has 14 heteroatoms. The highest BCUT2D eigenvalue weighted by Crippen LogP contribution is 2.41. The minimum absolute atomic E-state index is 0.153. The maximum absolute atomic E-state index is 13.6. The zero-order valence-corrected chi connectivity index (χ0v) is 16.5. The van der Waals surface area contributed by atoms with Crippen LogP contribution in [-0.2, 0) is 6.18 Å². The third-order valence-corrected chi connectivity index (χ3v) is 4.58. The molecule has 33 heavy (non-hydrogen) atoms. The number of pyridine rings is 1. The number of aliphatic hydroxyl groups excluding tert-OH is 2. The summed E-state index contributed by atoms with van der Waals surface area (Å²) in [6, 6.07) is 0.340. The van der Waals surface area contributed by atoms with Gasteiger partial charge in [0, 0.05) is 18.0 Å². The van der Waals surface area contributed by atoms with Crippen LogP contribution >= 0.6 is 0 Å². The molecule has 0 saturated heterocycles. The summed E-state index contributed by atoms with van der Waals surface area (Å²) >= 11 is 0. The highest BCUT2D eigenvalue weighted by molar-refractivity contribution is 5.94. The summed E-state index contributed by atoms with van der Waals surface area (Å²) in [4.78, 5) is 3.25. The van der Waals surface area contributed by atoms with Crippen LogP contribution in [0.4, 0.5) is 39.5 Å². The van der Waals surface area contributed by atoms with Gasteiger partial charge >= 0.3 is 18.5 Å². The molecule has 5 nitrogen and oxygen atoms in total. The lowest BCUT2D eigenvalue weighted by molar-refractivity contribution is -0.138. The Labute approximate surface area is 180 Å². The normalized spacial score (nSPS) is 21.8. The Morgan fingerprint density at radius 1 is 1.09 bits per heavy atom. The van der Waals surface area contributed by atoms with Crippen LogP contribution in [0.2, 0.25) is 0 Å². The van der Waals surface area contributed by atoms with Crippen molar-refractivity contribution in [2.45, 2.75) is 37.8 Å². The van der Waals surface area contributed by atoms with Crippen molar-refractivity contribution in [2.24, 2.45) is 11.0 Å². The molecular formula is C19H16F9N3O2. The quantitative estimate of drug-likeness (QED) is 0.457. The summed E-state index contributed by atoms with van der Waals surface area (Å²) in [7, 11) is 0. The molecule has 0 aromatic carbocycles. The molecule has 1 aliphatic rings. The first kappa shape index (κ1) is 26.4. The second kappa shape index (κ2) is 9.17. The molecular weight excluding hydrogens is 473 g/mol. The molecule has 2 N–H and O–H groups in total. The summed E-state index contributed by atoms with van der Waals surface area (Å²) in [6.07, 6.45) is -17.2. The number of hydrazone groups is 1. The molecule has 0 fully saturated rings. The van der Waals surface area contributed by atoms with Crippen molar-refractivity contribution in [3.8, 4) is 0 Å². The number of nitrogens with zero attached hydrogens (tertiary/aromatic N) is 3. The van der Waals surface area contributed by atoms with Crippen molar-refractivity contribution >= 4 is 5.71 Å². The number of allylic oxidation sites excluding steroid dienone is 4. The zero-order chi connectivity index (χ0) is 25.4. The second-order valence-corrected chi connectivity index (χ2v) is 6.73. The average molecular weight is 489 g/mol. The van der Waals surface area contributed by atoms with Gasteiger partial charge in [-0.25, -0.2) is 5.01 Å². The fourth-order valence-corrected chi connectivity index (χ4v) is 2.99. The zero-order valence-electron chi connectivity index (χ0n) is 16.5. The Morgan fingerprint density at radius 3 is 2.15 bits per heavy atom. The first-order chi connectivity index (χ1) is 15.0. The van der Waals surface area contributed by atoms with Crippen LogP contribution < -0.4 is 0 Å². The number of rotatable bonds is 5. The molecule has 0 radical (unpaired) electrons. The van der Waals surface area contributed by atoms with Gasteiger partial charge in [0.2, 0.25) is 0 Å². The van der Waals surface area contributed by atoms with E-state index in [1.807, 2.05) is 0 Å². The molecule has 0 spiro atoms. The van der Waals surface area contributed by atoms with Crippen LogP contribution in [0.1, 0.15) is 24.2 Å². The average Bonchev–Trinajstić information content (AvgIpc) is 3.04. The highest BCUT2D eigenvalue weighted by Gasteiger charge is 2.53. The van der Waals surface area contributed by atoms with Gasteiger partial charge in [-0.05, 0) is 25.1 Å². The van der Waals surface area contributed by atoms with Crippen molar-refractivity contribution in [3.63, 3.8) is 0 Å². The molecule has 1 aliphatic heterocycles. The first-order valence-electron chi connectivity index (χ1n) is 8.93. The van der Waals surface area contributed by atoms with E-state index >= 15 is 0 Å². The van der Waals surface area contributed by atoms with E-state index in [1.54, 1.807) is 0 Å². The molecule has 0 saturated carbocycles. The van der Waals surface area contributed by atoms with Crippen molar-refractivity contribution in [3.05, 3.63) is 65.7 Å². The third-order valence-electron chi connectivity index (χ3n) is 4.58. The Hall–Kier alpha value is -2.87. The maximum atomic E-state index is 13.6. The minimum Gasteiger partial charge on any atom is -0.387 e. The molecule has 2 heterocycles. The summed E-state index contributed by atoms with van der Waals surface area (Å²) in [5.41, 5.74) is -5.91. The summed E-state index contributed by atoms with van der Waals surface area (Å²) in [5, 5.41) is 24.2. The van der Waals surface area contributed by atoms with Crippen LogP contribution in [0, 0.1) is 5.92 Å². The van der Waals surface area contributed by atoms with E-state index in [9.17, 15) is 49.7 Å². The lowest BCUT2D eigenvalue weighted by Gasteiger charge is -2.28. The van der Waals surface area contributed by atoms with Gasteiger partial charge in [-0.1, -0.05) is 12.7 Å². The number of hydrogen-bond acceptors (Lipinski definition) is 5. The Balaban J connectivity index is 2.56. The van der Waals surface area contributed by atoms with Crippen molar-refractivity contribution in [1.82, 2.24) is 9.99 Å². The van der Waals surface area contributed by atoms with Crippen molar-refractivity contribution in [2.75, 3.05) is 0 Å². The predicted octanol–water partition coefficient (Wildman–Crippen LogP) is 4.88. The molecule has 0 aliphatic carbocycles. The van der Waals surface area contributed by atoms with Crippen LogP contribution in [0.25, 0.3) is 0 Å². The molecule has 1 aromatic heterocycles. The fraction of sp³-hybridized carbons (Fsp3) is 0.368. The lowest BCUT2D eigenvalue weighted by Crippen LogP contribution is -2.40. The topological polar surface area (TPSA) is 69.0 Å². The van der Waals surface area contributed by atoms with Gasteiger partial charge in [-0.15, -0.1) is 0 Å². The van der Waals surface area contributed by atoms with E-state index in [-0.39, 0.29) is 5.01 Å². The van der Waals surface area contributed by atoms with E-state index in [2.05, 4.69) is 16.7 Å². The van der Waals surface area contributed by atoms with Crippen LogP contribution in [0.5, 0.6) is 0 Å². The molecule has 0 bridgehead atoms. The smallest absolute Gasteiger partial charge is 0.387 e.